The highest BCUT2D eigenvalue weighted by molar-refractivity contribution is 5.79. The molecule has 0 N–H and O–H groups in total. The maximum atomic E-state index is 11.1. The Morgan fingerprint density at radius 3 is 2.57 bits per heavy atom. The average Bonchev–Trinajstić information content (AvgIpc) is 2.56. The predicted octanol–water partition coefficient (Wildman–Crippen LogP) is 0.603. The Hall–Kier alpha value is -0.410. The van der Waals surface area contributed by atoms with Crippen LogP contribution in [0.5, 0.6) is 0 Å². The van der Waals surface area contributed by atoms with Crippen molar-refractivity contribution >= 4 is 5.78 Å². The fourth-order valence-corrected chi connectivity index (χ4v) is 2.53. The van der Waals surface area contributed by atoms with E-state index in [0.29, 0.717) is 5.78 Å². The molecule has 0 aromatic rings. The van der Waals surface area contributed by atoms with E-state index in [9.17, 15) is 4.79 Å². The summed E-state index contributed by atoms with van der Waals surface area (Å²) < 4.78 is 0. The Morgan fingerprint density at radius 1 is 1.29 bits per heavy atom. The van der Waals surface area contributed by atoms with Crippen LogP contribution in [-0.4, -0.2) is 55.4 Å². The molecule has 2 fully saturated rings. The lowest BCUT2D eigenvalue weighted by Crippen LogP contribution is -2.37. The van der Waals surface area contributed by atoms with Gasteiger partial charge in [-0.3, -0.25) is 4.79 Å². The van der Waals surface area contributed by atoms with E-state index in [-0.39, 0.29) is 0 Å². The van der Waals surface area contributed by atoms with Gasteiger partial charge in [0.2, 0.25) is 0 Å². The van der Waals surface area contributed by atoms with Crippen molar-refractivity contribution in [2.75, 3.05) is 39.8 Å². The van der Waals surface area contributed by atoms with Gasteiger partial charge < -0.3 is 9.80 Å². The van der Waals surface area contributed by atoms with Crippen molar-refractivity contribution in [2.45, 2.75) is 19.3 Å². The molecule has 0 radical (unpaired) electrons. The Bertz CT molecular complexity index is 207. The summed E-state index contributed by atoms with van der Waals surface area (Å²) in [4.78, 5) is 15.9. The largest absolute Gasteiger partial charge is 0.306 e. The third kappa shape index (κ3) is 2.55. The van der Waals surface area contributed by atoms with Crippen molar-refractivity contribution in [3.05, 3.63) is 0 Å². The summed E-state index contributed by atoms with van der Waals surface area (Å²) >= 11 is 0. The molecule has 2 aliphatic rings. The van der Waals surface area contributed by atoms with Crippen molar-refractivity contribution < 1.29 is 4.79 Å². The van der Waals surface area contributed by atoms with Crippen LogP contribution in [0, 0.1) is 5.92 Å². The lowest BCUT2D eigenvalue weighted by atomic mass is 10.1. The first-order valence-electron chi connectivity index (χ1n) is 5.66. The Balaban J connectivity index is 1.72. The van der Waals surface area contributed by atoms with E-state index in [1.165, 1.54) is 26.1 Å². The molecule has 0 aromatic heterocycles. The van der Waals surface area contributed by atoms with Crippen LogP contribution in [-0.2, 0) is 4.79 Å². The third-order valence-electron chi connectivity index (χ3n) is 3.42. The van der Waals surface area contributed by atoms with Gasteiger partial charge in [0.1, 0.15) is 5.78 Å². The zero-order chi connectivity index (χ0) is 9.97. The van der Waals surface area contributed by atoms with Crippen LogP contribution in [0.4, 0.5) is 0 Å². The number of hydrogen-bond donors (Lipinski definition) is 0. The minimum Gasteiger partial charge on any atom is -0.306 e. The van der Waals surface area contributed by atoms with Gasteiger partial charge in [-0.25, -0.2) is 0 Å². The second-order valence-electron chi connectivity index (χ2n) is 4.76. The average molecular weight is 196 g/mol. The van der Waals surface area contributed by atoms with Gasteiger partial charge in [0.25, 0.3) is 0 Å². The second kappa shape index (κ2) is 4.41. The van der Waals surface area contributed by atoms with Crippen molar-refractivity contribution in [2.24, 2.45) is 5.92 Å². The van der Waals surface area contributed by atoms with Crippen molar-refractivity contribution in [3.63, 3.8) is 0 Å². The van der Waals surface area contributed by atoms with Crippen LogP contribution in [0.15, 0.2) is 0 Å². The van der Waals surface area contributed by atoms with E-state index < -0.39 is 0 Å². The van der Waals surface area contributed by atoms with Crippen LogP contribution in [0.25, 0.3) is 0 Å². The Morgan fingerprint density at radius 2 is 2.00 bits per heavy atom. The smallest absolute Gasteiger partial charge is 0.135 e. The summed E-state index contributed by atoms with van der Waals surface area (Å²) in [6.45, 7) is 5.69. The molecule has 2 rings (SSSR count). The molecule has 2 heterocycles. The summed E-state index contributed by atoms with van der Waals surface area (Å²) in [6.07, 6.45) is 2.89. The zero-order valence-electron chi connectivity index (χ0n) is 9.04. The Labute approximate surface area is 86.1 Å². The van der Waals surface area contributed by atoms with Crippen LogP contribution in [0.2, 0.25) is 0 Å². The fraction of sp³-hybridized carbons (Fsp3) is 0.909. The van der Waals surface area contributed by atoms with E-state index >= 15 is 0 Å². The van der Waals surface area contributed by atoms with Gasteiger partial charge in [-0.1, -0.05) is 0 Å². The molecule has 80 valence electrons. The van der Waals surface area contributed by atoms with Gasteiger partial charge >= 0.3 is 0 Å². The molecule has 0 bridgehead atoms. The molecule has 0 aliphatic carbocycles. The summed E-state index contributed by atoms with van der Waals surface area (Å²) in [5.41, 5.74) is 0. The number of carbonyl (C=O) groups is 1. The normalized spacial score (nSPS) is 31.2. The van der Waals surface area contributed by atoms with E-state index in [1.54, 1.807) is 0 Å². The number of nitrogens with zero attached hydrogens (tertiary/aromatic N) is 2. The molecule has 1 unspecified atom stereocenters. The highest BCUT2D eigenvalue weighted by Gasteiger charge is 2.24. The van der Waals surface area contributed by atoms with E-state index in [1.807, 2.05) is 0 Å². The predicted molar refractivity (Wildman–Crippen MR) is 56.3 cm³/mol. The van der Waals surface area contributed by atoms with Crippen molar-refractivity contribution in [1.29, 1.82) is 0 Å². The van der Waals surface area contributed by atoms with Gasteiger partial charge in [-0.15, -0.1) is 0 Å². The molecule has 1 atom stereocenters. The molecule has 14 heavy (non-hydrogen) atoms. The summed E-state index contributed by atoms with van der Waals surface area (Å²) in [6, 6.07) is 0. The standard InChI is InChI=1S/C11H20N2O/c1-12-5-2-10(8-12)9-13-6-3-11(14)4-7-13/h10H,2-9H2,1H3. The first-order valence-corrected chi connectivity index (χ1v) is 5.66. The summed E-state index contributed by atoms with van der Waals surface area (Å²) in [7, 11) is 2.19. The van der Waals surface area contributed by atoms with E-state index in [0.717, 1.165) is 31.8 Å². The highest BCUT2D eigenvalue weighted by atomic mass is 16.1. The maximum Gasteiger partial charge on any atom is 0.135 e. The molecule has 3 heteroatoms. The fourth-order valence-electron chi connectivity index (χ4n) is 2.53. The molecular formula is C11H20N2O. The summed E-state index contributed by atoms with van der Waals surface area (Å²) in [5.74, 6) is 1.29. The molecule has 0 aromatic carbocycles. The zero-order valence-corrected chi connectivity index (χ0v) is 9.04. The van der Waals surface area contributed by atoms with E-state index in [4.69, 9.17) is 0 Å². The van der Waals surface area contributed by atoms with Crippen LogP contribution < -0.4 is 0 Å². The number of Topliss-reactive ketones (excluding diaryl/α,β-unsaturated/α-hetero) is 1. The monoisotopic (exact) mass is 196 g/mol. The van der Waals surface area contributed by atoms with Gasteiger partial charge in [0.05, 0.1) is 0 Å². The van der Waals surface area contributed by atoms with E-state index in [2.05, 4.69) is 16.8 Å². The number of rotatable bonds is 2. The number of likely N-dealkylation sites (tertiary alicyclic amines) is 2. The molecule has 3 nitrogen and oxygen atoms in total. The molecule has 2 aliphatic heterocycles. The first-order chi connectivity index (χ1) is 6.74. The number of ketones is 1. The molecular weight excluding hydrogens is 176 g/mol. The van der Waals surface area contributed by atoms with Crippen LogP contribution in [0.1, 0.15) is 19.3 Å². The summed E-state index contributed by atoms with van der Waals surface area (Å²) in [5, 5.41) is 0. The minimum absolute atomic E-state index is 0.449. The molecule has 0 saturated carbocycles. The molecule has 0 spiro atoms. The second-order valence-corrected chi connectivity index (χ2v) is 4.76. The number of piperidine rings is 1. The third-order valence-corrected chi connectivity index (χ3v) is 3.42. The first kappa shape index (κ1) is 10.1. The van der Waals surface area contributed by atoms with Crippen LogP contribution >= 0.6 is 0 Å². The van der Waals surface area contributed by atoms with Gasteiger partial charge in [0, 0.05) is 39.0 Å². The highest BCUT2D eigenvalue weighted by Crippen LogP contribution is 2.17. The lowest BCUT2D eigenvalue weighted by Gasteiger charge is -2.28. The minimum atomic E-state index is 0.449. The lowest BCUT2D eigenvalue weighted by molar-refractivity contribution is -0.121. The maximum absolute atomic E-state index is 11.1. The van der Waals surface area contributed by atoms with Gasteiger partial charge in [0.15, 0.2) is 0 Å². The van der Waals surface area contributed by atoms with Gasteiger partial charge in [-0.05, 0) is 25.9 Å². The molecule has 2 saturated heterocycles. The molecule has 0 amide bonds. The topological polar surface area (TPSA) is 23.6 Å². The Kier molecular flexibility index (Phi) is 3.19. The van der Waals surface area contributed by atoms with Crippen molar-refractivity contribution in [3.8, 4) is 0 Å². The van der Waals surface area contributed by atoms with Crippen molar-refractivity contribution in [1.82, 2.24) is 9.80 Å². The van der Waals surface area contributed by atoms with Gasteiger partial charge in [-0.2, -0.15) is 0 Å². The quantitative estimate of drug-likeness (QED) is 0.646. The number of carbonyl (C=O) groups excluding carboxylic acids is 1. The van der Waals surface area contributed by atoms with Crippen LogP contribution in [0.3, 0.4) is 0 Å². The number of hydrogen-bond acceptors (Lipinski definition) is 3. The SMILES string of the molecule is CN1CCC(CN2CCC(=O)CC2)C1.